The molecule has 0 aliphatic heterocycles. The van der Waals surface area contributed by atoms with Crippen LogP contribution in [0.2, 0.25) is 0 Å². The second-order valence-corrected chi connectivity index (χ2v) is 5.99. The molecule has 0 bridgehead atoms. The van der Waals surface area contributed by atoms with E-state index < -0.39 is 0 Å². The van der Waals surface area contributed by atoms with Gasteiger partial charge < -0.3 is 15.4 Å². The van der Waals surface area contributed by atoms with Crippen molar-refractivity contribution in [1.29, 1.82) is 0 Å². The lowest BCUT2D eigenvalue weighted by atomic mass is 9.98. The van der Waals surface area contributed by atoms with Crippen LogP contribution in [0.1, 0.15) is 44.1 Å². The predicted octanol–water partition coefficient (Wildman–Crippen LogP) is 3.42. The summed E-state index contributed by atoms with van der Waals surface area (Å²) in [4.78, 5) is 4.26. The molecule has 1 fully saturated rings. The smallest absolute Gasteiger partial charge is 0.171 e. The molecule has 1 aromatic rings. The van der Waals surface area contributed by atoms with Crippen LogP contribution in [0, 0.1) is 6.92 Å². The van der Waals surface area contributed by atoms with Gasteiger partial charge in [0.2, 0.25) is 0 Å². The van der Waals surface area contributed by atoms with E-state index in [0.29, 0.717) is 11.2 Å². The van der Waals surface area contributed by atoms with Gasteiger partial charge in [-0.1, -0.05) is 25.3 Å². The minimum atomic E-state index is 0.487. The molecule has 4 nitrogen and oxygen atoms in total. The van der Waals surface area contributed by atoms with Crippen LogP contribution in [-0.4, -0.2) is 29.4 Å². The van der Waals surface area contributed by atoms with E-state index >= 15 is 0 Å². The van der Waals surface area contributed by atoms with Crippen molar-refractivity contribution in [2.45, 2.75) is 51.6 Å². The van der Waals surface area contributed by atoms with Gasteiger partial charge in [0.1, 0.15) is 5.82 Å². The van der Waals surface area contributed by atoms with E-state index in [9.17, 15) is 0 Å². The molecule has 1 aliphatic rings. The molecule has 0 unspecified atom stereocenters. The van der Waals surface area contributed by atoms with Crippen LogP contribution in [0.3, 0.4) is 0 Å². The first-order valence-electron chi connectivity index (χ1n) is 7.83. The van der Waals surface area contributed by atoms with E-state index in [-0.39, 0.29) is 0 Å². The minimum absolute atomic E-state index is 0.487. The first kappa shape index (κ1) is 16.2. The molecule has 0 saturated heterocycles. The Hall–Kier alpha value is -1.20. The number of hydrogen-bond donors (Lipinski definition) is 2. The number of nitrogens with zero attached hydrogens (tertiary/aromatic N) is 1. The second-order valence-electron chi connectivity index (χ2n) is 5.59. The van der Waals surface area contributed by atoms with Crippen molar-refractivity contribution in [2.75, 3.05) is 18.5 Å². The van der Waals surface area contributed by atoms with Crippen LogP contribution in [0.15, 0.2) is 18.3 Å². The molecule has 5 heteroatoms. The van der Waals surface area contributed by atoms with Crippen LogP contribution in [0.4, 0.5) is 5.82 Å². The molecule has 2 N–H and O–H groups in total. The third-order valence-electron chi connectivity index (χ3n) is 3.67. The largest absolute Gasteiger partial charge is 0.378 e. The molecule has 0 spiro atoms. The lowest BCUT2D eigenvalue weighted by Crippen LogP contribution is -2.30. The molecule has 0 aromatic carbocycles. The second kappa shape index (κ2) is 8.95. The van der Waals surface area contributed by atoms with Gasteiger partial charge >= 0.3 is 0 Å². The van der Waals surface area contributed by atoms with Crippen molar-refractivity contribution < 1.29 is 4.74 Å². The van der Waals surface area contributed by atoms with Crippen molar-refractivity contribution in [2.24, 2.45) is 0 Å². The fourth-order valence-corrected chi connectivity index (χ4v) is 2.66. The van der Waals surface area contributed by atoms with E-state index in [1.54, 1.807) is 0 Å². The van der Waals surface area contributed by atoms with Gasteiger partial charge in [-0.05, 0) is 50.0 Å². The summed E-state index contributed by atoms with van der Waals surface area (Å²) < 4.78 is 5.88. The lowest BCUT2D eigenvalue weighted by molar-refractivity contribution is 0.0277. The fraction of sp³-hybridized carbons (Fsp3) is 0.625. The number of aromatic nitrogens is 1. The summed E-state index contributed by atoms with van der Waals surface area (Å²) in [6.07, 6.45) is 9.75. The quantitative estimate of drug-likeness (QED) is 0.623. The average Bonchev–Trinajstić information content (AvgIpc) is 2.50. The third kappa shape index (κ3) is 6.40. The highest BCUT2D eigenvalue weighted by molar-refractivity contribution is 7.80. The van der Waals surface area contributed by atoms with E-state index in [2.05, 4.69) is 15.6 Å². The zero-order valence-corrected chi connectivity index (χ0v) is 13.5. The molecule has 0 amide bonds. The normalized spacial score (nSPS) is 15.7. The third-order valence-corrected chi connectivity index (χ3v) is 3.91. The predicted molar refractivity (Wildman–Crippen MR) is 90.6 cm³/mol. The van der Waals surface area contributed by atoms with Gasteiger partial charge in [-0.3, -0.25) is 0 Å². The molecule has 1 heterocycles. The van der Waals surface area contributed by atoms with Gasteiger partial charge in [0.05, 0.1) is 6.10 Å². The average molecular weight is 307 g/mol. The molecular formula is C16H25N3OS. The Morgan fingerprint density at radius 1 is 1.33 bits per heavy atom. The molecule has 21 heavy (non-hydrogen) atoms. The maximum Gasteiger partial charge on any atom is 0.171 e. The van der Waals surface area contributed by atoms with Gasteiger partial charge in [0.25, 0.3) is 0 Å². The van der Waals surface area contributed by atoms with Crippen LogP contribution < -0.4 is 10.6 Å². The first-order valence-corrected chi connectivity index (χ1v) is 8.24. The Bertz CT molecular complexity index is 430. The Labute approximate surface area is 132 Å². The molecular weight excluding hydrogens is 282 g/mol. The lowest BCUT2D eigenvalue weighted by Gasteiger charge is -2.22. The van der Waals surface area contributed by atoms with Crippen molar-refractivity contribution in [3.05, 3.63) is 23.9 Å². The van der Waals surface area contributed by atoms with Crippen LogP contribution >= 0.6 is 12.2 Å². The summed E-state index contributed by atoms with van der Waals surface area (Å²) in [6.45, 7) is 3.65. The molecule has 2 rings (SSSR count). The van der Waals surface area contributed by atoms with Crippen LogP contribution in [0.25, 0.3) is 0 Å². The zero-order valence-electron chi connectivity index (χ0n) is 12.7. The number of hydrogen-bond acceptors (Lipinski definition) is 3. The van der Waals surface area contributed by atoms with E-state index in [1.165, 1.54) is 32.1 Å². The highest BCUT2D eigenvalue weighted by Gasteiger charge is 2.12. The topological polar surface area (TPSA) is 46.2 Å². The van der Waals surface area contributed by atoms with Crippen molar-refractivity contribution >= 4 is 23.1 Å². The molecule has 116 valence electrons. The number of pyridine rings is 1. The van der Waals surface area contributed by atoms with Crippen LogP contribution in [0.5, 0.6) is 0 Å². The maximum absolute atomic E-state index is 5.88. The van der Waals surface area contributed by atoms with Crippen LogP contribution in [-0.2, 0) is 4.74 Å². The highest BCUT2D eigenvalue weighted by atomic mass is 32.1. The SMILES string of the molecule is Cc1ccc(NC(=S)NCCCOC2CCCCC2)nc1. The molecule has 0 radical (unpaired) electrons. The number of aryl methyl sites for hydroxylation is 1. The first-order chi connectivity index (χ1) is 10.2. The summed E-state index contributed by atoms with van der Waals surface area (Å²) in [5.41, 5.74) is 1.14. The van der Waals surface area contributed by atoms with Gasteiger partial charge in [-0.25, -0.2) is 4.98 Å². The number of rotatable bonds is 6. The Kier molecular flexibility index (Phi) is 6.89. The summed E-state index contributed by atoms with van der Waals surface area (Å²) in [7, 11) is 0. The van der Waals surface area contributed by atoms with Crippen molar-refractivity contribution in [1.82, 2.24) is 10.3 Å². The molecule has 1 saturated carbocycles. The fourth-order valence-electron chi connectivity index (χ4n) is 2.46. The molecule has 1 aromatic heterocycles. The van der Waals surface area contributed by atoms with E-state index in [1.807, 2.05) is 25.3 Å². The summed E-state index contributed by atoms with van der Waals surface area (Å²) >= 11 is 5.24. The minimum Gasteiger partial charge on any atom is -0.378 e. The summed E-state index contributed by atoms with van der Waals surface area (Å²) in [6, 6.07) is 3.94. The number of nitrogens with one attached hydrogen (secondary N) is 2. The zero-order chi connectivity index (χ0) is 14.9. The Balaban J connectivity index is 1.53. The van der Waals surface area contributed by atoms with E-state index in [4.69, 9.17) is 17.0 Å². The van der Waals surface area contributed by atoms with Crippen molar-refractivity contribution in [3.63, 3.8) is 0 Å². The monoisotopic (exact) mass is 307 g/mol. The molecule has 0 atom stereocenters. The summed E-state index contributed by atoms with van der Waals surface area (Å²) in [5, 5.41) is 6.88. The van der Waals surface area contributed by atoms with E-state index in [0.717, 1.165) is 31.0 Å². The Morgan fingerprint density at radius 3 is 2.86 bits per heavy atom. The van der Waals surface area contributed by atoms with Gasteiger partial charge in [0.15, 0.2) is 5.11 Å². The van der Waals surface area contributed by atoms with Gasteiger partial charge in [-0.15, -0.1) is 0 Å². The standard InChI is InChI=1S/C16H25N3OS/c1-13-8-9-15(18-12-13)19-16(21)17-10-5-11-20-14-6-3-2-4-7-14/h8-9,12,14H,2-7,10-11H2,1H3,(H2,17,18,19,21). The van der Waals surface area contributed by atoms with Crippen molar-refractivity contribution in [3.8, 4) is 0 Å². The maximum atomic E-state index is 5.88. The Morgan fingerprint density at radius 2 is 2.14 bits per heavy atom. The number of thiocarbonyl (C=S) groups is 1. The van der Waals surface area contributed by atoms with Gasteiger partial charge in [0, 0.05) is 19.3 Å². The molecule has 1 aliphatic carbocycles. The summed E-state index contributed by atoms with van der Waals surface area (Å²) in [5.74, 6) is 0.775. The highest BCUT2D eigenvalue weighted by Crippen LogP contribution is 2.20. The van der Waals surface area contributed by atoms with Gasteiger partial charge in [-0.2, -0.15) is 0 Å². The number of ether oxygens (including phenoxy) is 1. The number of anilines is 1.